The van der Waals surface area contributed by atoms with E-state index in [4.69, 9.17) is 0 Å². The number of carboxylic acids is 1. The van der Waals surface area contributed by atoms with Gasteiger partial charge < -0.3 is 10.0 Å². The Morgan fingerprint density at radius 2 is 1.71 bits per heavy atom. The second kappa shape index (κ2) is 6.87. The third-order valence-electron chi connectivity index (χ3n) is 4.82. The number of aliphatic carboxylic acids is 1. The maximum atomic E-state index is 12.6. The van der Waals surface area contributed by atoms with Crippen LogP contribution < -0.4 is 0 Å². The molecule has 1 saturated heterocycles. The monoisotopic (exact) mass is 323 g/mol. The highest BCUT2D eigenvalue weighted by Gasteiger charge is 2.40. The molecular formula is C20H21NO3. The highest BCUT2D eigenvalue weighted by Crippen LogP contribution is 2.33. The van der Waals surface area contributed by atoms with Crippen molar-refractivity contribution < 1.29 is 14.7 Å². The Labute approximate surface area is 141 Å². The van der Waals surface area contributed by atoms with Crippen molar-refractivity contribution in [3.63, 3.8) is 0 Å². The molecule has 4 heteroatoms. The van der Waals surface area contributed by atoms with E-state index in [1.165, 1.54) is 0 Å². The summed E-state index contributed by atoms with van der Waals surface area (Å²) in [5.41, 5.74) is 3.06. The highest BCUT2D eigenvalue weighted by molar-refractivity contribution is 5.81. The average molecular weight is 323 g/mol. The zero-order chi connectivity index (χ0) is 17.1. The van der Waals surface area contributed by atoms with Crippen molar-refractivity contribution in [2.45, 2.75) is 19.3 Å². The minimum atomic E-state index is -0.838. The predicted octanol–water partition coefficient (Wildman–Crippen LogP) is 2.86. The summed E-state index contributed by atoms with van der Waals surface area (Å²) in [6.45, 7) is 2.73. The molecule has 0 aromatic heterocycles. The van der Waals surface area contributed by atoms with Crippen LogP contribution in [-0.2, 0) is 16.0 Å². The fourth-order valence-corrected chi connectivity index (χ4v) is 3.38. The number of carbonyl (C=O) groups is 2. The third kappa shape index (κ3) is 3.32. The Hall–Kier alpha value is -2.62. The quantitative estimate of drug-likeness (QED) is 0.941. The molecule has 0 radical (unpaired) electrons. The van der Waals surface area contributed by atoms with Gasteiger partial charge in [-0.1, -0.05) is 54.6 Å². The van der Waals surface area contributed by atoms with Gasteiger partial charge in [0.15, 0.2) is 0 Å². The van der Waals surface area contributed by atoms with Gasteiger partial charge in [-0.15, -0.1) is 0 Å². The molecule has 2 aromatic rings. The Morgan fingerprint density at radius 3 is 2.38 bits per heavy atom. The predicted molar refractivity (Wildman–Crippen MR) is 91.8 cm³/mol. The van der Waals surface area contributed by atoms with E-state index in [-0.39, 0.29) is 18.4 Å². The van der Waals surface area contributed by atoms with Crippen molar-refractivity contribution in [3.05, 3.63) is 71.3 Å². The van der Waals surface area contributed by atoms with Crippen LogP contribution in [0.5, 0.6) is 0 Å². The zero-order valence-electron chi connectivity index (χ0n) is 13.7. The van der Waals surface area contributed by atoms with Crippen LogP contribution in [0.25, 0.3) is 0 Å². The van der Waals surface area contributed by atoms with E-state index >= 15 is 0 Å². The lowest BCUT2D eigenvalue weighted by Crippen LogP contribution is -2.31. The van der Waals surface area contributed by atoms with Gasteiger partial charge in [-0.2, -0.15) is 0 Å². The molecule has 1 amide bonds. The second-order valence-corrected chi connectivity index (χ2v) is 6.36. The Kier molecular flexibility index (Phi) is 4.65. The fraction of sp³-hybridized carbons (Fsp3) is 0.300. The first-order valence-electron chi connectivity index (χ1n) is 8.16. The van der Waals surface area contributed by atoms with E-state index < -0.39 is 11.9 Å². The number of hydrogen-bond donors (Lipinski definition) is 1. The summed E-state index contributed by atoms with van der Waals surface area (Å²) in [6.07, 6.45) is 0.320. The van der Waals surface area contributed by atoms with Crippen LogP contribution in [0.1, 0.15) is 22.6 Å². The van der Waals surface area contributed by atoms with Crippen molar-refractivity contribution in [1.29, 1.82) is 0 Å². The molecule has 2 aromatic carbocycles. The number of hydrogen-bond acceptors (Lipinski definition) is 2. The molecule has 4 nitrogen and oxygen atoms in total. The zero-order valence-corrected chi connectivity index (χ0v) is 13.7. The molecule has 1 aliphatic rings. The number of benzene rings is 2. The van der Waals surface area contributed by atoms with Crippen molar-refractivity contribution in [2.24, 2.45) is 5.92 Å². The number of carboxylic acid groups (broad SMARTS) is 1. The molecule has 0 bridgehead atoms. The molecule has 1 N–H and O–H groups in total. The summed E-state index contributed by atoms with van der Waals surface area (Å²) in [7, 11) is 0. The minimum absolute atomic E-state index is 0.00557. The van der Waals surface area contributed by atoms with Gasteiger partial charge in [-0.3, -0.25) is 9.59 Å². The molecule has 0 spiro atoms. The van der Waals surface area contributed by atoms with Crippen LogP contribution in [0.2, 0.25) is 0 Å². The molecule has 0 aliphatic carbocycles. The topological polar surface area (TPSA) is 57.6 Å². The van der Waals surface area contributed by atoms with E-state index in [1.807, 2.05) is 61.5 Å². The Morgan fingerprint density at radius 1 is 1.04 bits per heavy atom. The van der Waals surface area contributed by atoms with Crippen molar-refractivity contribution in [2.75, 3.05) is 13.1 Å². The van der Waals surface area contributed by atoms with E-state index in [2.05, 4.69) is 0 Å². The number of aryl methyl sites for hydroxylation is 1. The van der Waals surface area contributed by atoms with E-state index in [0.717, 1.165) is 16.7 Å². The minimum Gasteiger partial charge on any atom is -0.481 e. The van der Waals surface area contributed by atoms with Crippen molar-refractivity contribution in [1.82, 2.24) is 4.90 Å². The third-order valence-corrected chi connectivity index (χ3v) is 4.82. The lowest BCUT2D eigenvalue weighted by Gasteiger charge is -2.17. The molecular weight excluding hydrogens is 302 g/mol. The van der Waals surface area contributed by atoms with E-state index in [9.17, 15) is 14.7 Å². The number of carbonyl (C=O) groups excluding carboxylic acids is 1. The van der Waals surface area contributed by atoms with E-state index in [1.54, 1.807) is 4.90 Å². The maximum absolute atomic E-state index is 12.6. The highest BCUT2D eigenvalue weighted by atomic mass is 16.4. The molecule has 2 unspecified atom stereocenters. The van der Waals surface area contributed by atoms with Crippen LogP contribution in [0.4, 0.5) is 0 Å². The van der Waals surface area contributed by atoms with Gasteiger partial charge in [-0.05, 0) is 23.6 Å². The van der Waals surface area contributed by atoms with Gasteiger partial charge in [0, 0.05) is 19.0 Å². The normalized spacial score (nSPS) is 20.1. The standard InChI is InChI=1S/C20H21NO3/c1-14-7-5-6-10-16(14)11-19(22)21-12-17(18(13-21)20(23)24)15-8-3-2-4-9-15/h2-10,17-18H,11-13H2,1H3,(H,23,24). The number of likely N-dealkylation sites (tertiary alicyclic amines) is 1. The van der Waals surface area contributed by atoms with Crippen LogP contribution >= 0.6 is 0 Å². The summed E-state index contributed by atoms with van der Waals surface area (Å²) >= 11 is 0. The van der Waals surface area contributed by atoms with Crippen LogP contribution in [0.3, 0.4) is 0 Å². The number of rotatable bonds is 4. The molecule has 1 heterocycles. The molecule has 1 fully saturated rings. The van der Waals surface area contributed by atoms with Gasteiger partial charge in [0.1, 0.15) is 0 Å². The smallest absolute Gasteiger partial charge is 0.308 e. The molecule has 2 atom stereocenters. The Bertz CT molecular complexity index is 742. The first-order valence-corrected chi connectivity index (χ1v) is 8.16. The molecule has 24 heavy (non-hydrogen) atoms. The summed E-state index contributed by atoms with van der Waals surface area (Å²) in [4.78, 5) is 26.0. The van der Waals surface area contributed by atoms with Crippen molar-refractivity contribution >= 4 is 11.9 Å². The summed E-state index contributed by atoms with van der Waals surface area (Å²) in [6, 6.07) is 17.4. The largest absolute Gasteiger partial charge is 0.481 e. The first-order chi connectivity index (χ1) is 11.6. The molecule has 124 valence electrons. The Balaban J connectivity index is 1.77. The van der Waals surface area contributed by atoms with Gasteiger partial charge in [0.25, 0.3) is 0 Å². The summed E-state index contributed by atoms with van der Waals surface area (Å²) in [5, 5.41) is 9.54. The van der Waals surface area contributed by atoms with Crippen LogP contribution in [0.15, 0.2) is 54.6 Å². The summed E-state index contributed by atoms with van der Waals surface area (Å²) < 4.78 is 0. The van der Waals surface area contributed by atoms with Gasteiger partial charge in [0.05, 0.1) is 12.3 Å². The van der Waals surface area contributed by atoms with Crippen LogP contribution in [-0.4, -0.2) is 35.0 Å². The molecule has 3 rings (SSSR count). The molecule has 0 saturated carbocycles. The van der Waals surface area contributed by atoms with Gasteiger partial charge in [-0.25, -0.2) is 0 Å². The average Bonchev–Trinajstić information content (AvgIpc) is 3.03. The summed E-state index contributed by atoms with van der Waals surface area (Å²) in [5.74, 6) is -1.54. The lowest BCUT2D eigenvalue weighted by molar-refractivity contribution is -0.141. The van der Waals surface area contributed by atoms with E-state index in [0.29, 0.717) is 13.0 Å². The number of nitrogens with zero attached hydrogens (tertiary/aromatic N) is 1. The number of amides is 1. The fourth-order valence-electron chi connectivity index (χ4n) is 3.38. The maximum Gasteiger partial charge on any atom is 0.308 e. The van der Waals surface area contributed by atoms with Gasteiger partial charge >= 0.3 is 5.97 Å². The van der Waals surface area contributed by atoms with Gasteiger partial charge in [0.2, 0.25) is 5.91 Å². The van der Waals surface area contributed by atoms with Crippen molar-refractivity contribution in [3.8, 4) is 0 Å². The molecule has 1 aliphatic heterocycles. The lowest BCUT2D eigenvalue weighted by atomic mass is 9.89. The SMILES string of the molecule is Cc1ccccc1CC(=O)N1CC(C(=O)O)C(c2ccccc2)C1. The second-order valence-electron chi connectivity index (χ2n) is 6.36. The first kappa shape index (κ1) is 16.2. The van der Waals surface area contributed by atoms with Crippen LogP contribution in [0, 0.1) is 12.8 Å².